The van der Waals surface area contributed by atoms with Crippen LogP contribution >= 0.6 is 11.3 Å². The van der Waals surface area contributed by atoms with E-state index in [1.807, 2.05) is 43.2 Å². The monoisotopic (exact) mass is 354 g/mol. The molecule has 1 fully saturated rings. The van der Waals surface area contributed by atoms with Gasteiger partial charge in [-0.3, -0.25) is 4.79 Å². The highest BCUT2D eigenvalue weighted by molar-refractivity contribution is 7.16. The first-order chi connectivity index (χ1) is 12.2. The van der Waals surface area contributed by atoms with Crippen LogP contribution in [0.25, 0.3) is 10.2 Å². The SMILES string of the molecule is Cn1ccnc1CC[C@H]1CCCCN1C(=O)c1ccc2ncsc2c1. The Bertz CT molecular complexity index is 884. The number of aromatic nitrogens is 3. The minimum atomic E-state index is 0.153. The summed E-state index contributed by atoms with van der Waals surface area (Å²) in [5.41, 5.74) is 3.57. The third-order valence-electron chi connectivity index (χ3n) is 5.09. The molecule has 2 aromatic heterocycles. The second-order valence-electron chi connectivity index (χ2n) is 6.68. The van der Waals surface area contributed by atoms with Crippen LogP contribution in [0.2, 0.25) is 0 Å². The third-order valence-corrected chi connectivity index (χ3v) is 5.88. The summed E-state index contributed by atoms with van der Waals surface area (Å²) in [5, 5.41) is 0. The molecule has 25 heavy (non-hydrogen) atoms. The van der Waals surface area contributed by atoms with Gasteiger partial charge in [0.15, 0.2) is 0 Å². The molecule has 0 aliphatic carbocycles. The number of likely N-dealkylation sites (tertiary alicyclic amines) is 1. The molecule has 1 aromatic carbocycles. The van der Waals surface area contributed by atoms with Crippen molar-refractivity contribution in [3.8, 4) is 0 Å². The fourth-order valence-electron chi connectivity index (χ4n) is 3.66. The maximum atomic E-state index is 13.1. The van der Waals surface area contributed by atoms with Crippen LogP contribution in [0.1, 0.15) is 41.9 Å². The average molecular weight is 354 g/mol. The van der Waals surface area contributed by atoms with E-state index in [4.69, 9.17) is 0 Å². The number of carbonyl (C=O) groups excluding carboxylic acids is 1. The Balaban J connectivity index is 1.51. The number of carbonyl (C=O) groups is 1. The molecule has 3 aromatic rings. The molecule has 1 saturated heterocycles. The molecule has 6 heteroatoms. The zero-order chi connectivity index (χ0) is 17.2. The minimum Gasteiger partial charge on any atom is -0.338 e. The summed E-state index contributed by atoms with van der Waals surface area (Å²) in [7, 11) is 2.02. The van der Waals surface area contributed by atoms with Crippen LogP contribution < -0.4 is 0 Å². The minimum absolute atomic E-state index is 0.153. The number of aryl methyl sites for hydroxylation is 2. The Labute approximate surface area is 151 Å². The predicted molar refractivity (Wildman–Crippen MR) is 99.8 cm³/mol. The lowest BCUT2D eigenvalue weighted by molar-refractivity contribution is 0.0601. The molecule has 1 atom stereocenters. The van der Waals surface area contributed by atoms with Crippen LogP contribution in [0.3, 0.4) is 0 Å². The van der Waals surface area contributed by atoms with E-state index < -0.39 is 0 Å². The predicted octanol–water partition coefficient (Wildman–Crippen LogP) is 3.66. The standard InChI is InChI=1S/C19H22N4OS/c1-22-11-9-20-18(22)8-6-15-4-2-3-10-23(15)19(24)14-5-7-16-17(12-14)25-13-21-16/h5,7,9,11-13,15H,2-4,6,8,10H2,1H3/t15-/m1/s1. The van der Waals surface area contributed by atoms with Gasteiger partial charge in [0.05, 0.1) is 15.7 Å². The number of rotatable bonds is 4. The van der Waals surface area contributed by atoms with Crippen LogP contribution in [0.5, 0.6) is 0 Å². The summed E-state index contributed by atoms with van der Waals surface area (Å²) >= 11 is 1.58. The third kappa shape index (κ3) is 3.31. The summed E-state index contributed by atoms with van der Waals surface area (Å²) < 4.78 is 3.14. The Kier molecular flexibility index (Phi) is 4.53. The van der Waals surface area contributed by atoms with Crippen molar-refractivity contribution in [2.75, 3.05) is 6.54 Å². The zero-order valence-corrected chi connectivity index (χ0v) is 15.2. The largest absolute Gasteiger partial charge is 0.338 e. The van der Waals surface area contributed by atoms with Gasteiger partial charge in [0.2, 0.25) is 0 Å². The maximum absolute atomic E-state index is 13.1. The molecular weight excluding hydrogens is 332 g/mol. The van der Waals surface area contributed by atoms with Gasteiger partial charge in [-0.1, -0.05) is 0 Å². The molecule has 1 amide bonds. The van der Waals surface area contributed by atoms with Gasteiger partial charge in [-0.25, -0.2) is 9.97 Å². The highest BCUT2D eigenvalue weighted by atomic mass is 32.1. The highest BCUT2D eigenvalue weighted by Crippen LogP contribution is 2.25. The molecule has 0 spiro atoms. The second kappa shape index (κ2) is 6.96. The summed E-state index contributed by atoms with van der Waals surface area (Å²) in [6.07, 6.45) is 9.06. The normalized spacial score (nSPS) is 18.0. The quantitative estimate of drug-likeness (QED) is 0.718. The van der Waals surface area contributed by atoms with E-state index in [1.54, 1.807) is 11.3 Å². The number of nitrogens with zero attached hydrogens (tertiary/aromatic N) is 4. The number of fused-ring (bicyclic) bond motifs is 1. The van der Waals surface area contributed by atoms with Crippen molar-refractivity contribution in [3.05, 3.63) is 47.5 Å². The average Bonchev–Trinajstić information content (AvgIpc) is 3.27. The smallest absolute Gasteiger partial charge is 0.254 e. The maximum Gasteiger partial charge on any atom is 0.254 e. The topological polar surface area (TPSA) is 51.0 Å². The summed E-state index contributed by atoms with van der Waals surface area (Å²) in [5.74, 6) is 1.24. The second-order valence-corrected chi connectivity index (χ2v) is 7.56. The molecule has 0 bridgehead atoms. The first-order valence-electron chi connectivity index (χ1n) is 8.83. The van der Waals surface area contributed by atoms with Crippen molar-refractivity contribution in [3.63, 3.8) is 0 Å². The van der Waals surface area contributed by atoms with E-state index in [1.165, 1.54) is 6.42 Å². The molecule has 0 radical (unpaired) electrons. The number of imidazole rings is 1. The van der Waals surface area contributed by atoms with Crippen LogP contribution in [-0.4, -0.2) is 37.9 Å². The Hall–Kier alpha value is -2.21. The van der Waals surface area contributed by atoms with Gasteiger partial charge in [-0.2, -0.15) is 0 Å². The number of benzene rings is 1. The molecule has 3 heterocycles. The Morgan fingerprint density at radius 1 is 1.32 bits per heavy atom. The van der Waals surface area contributed by atoms with Gasteiger partial charge in [0.25, 0.3) is 5.91 Å². The molecule has 5 nitrogen and oxygen atoms in total. The van der Waals surface area contributed by atoms with Gasteiger partial charge >= 0.3 is 0 Å². The lowest BCUT2D eigenvalue weighted by Gasteiger charge is -2.36. The fourth-order valence-corrected chi connectivity index (χ4v) is 4.37. The van der Waals surface area contributed by atoms with E-state index in [0.29, 0.717) is 6.04 Å². The summed E-state index contributed by atoms with van der Waals surface area (Å²) in [4.78, 5) is 23.9. The summed E-state index contributed by atoms with van der Waals surface area (Å²) in [6, 6.07) is 6.15. The van der Waals surface area contributed by atoms with Gasteiger partial charge in [-0.15, -0.1) is 11.3 Å². The molecule has 1 aliphatic rings. The number of amides is 1. The van der Waals surface area contributed by atoms with E-state index in [0.717, 1.165) is 53.8 Å². The van der Waals surface area contributed by atoms with Crippen LogP contribution in [0.15, 0.2) is 36.1 Å². The Morgan fingerprint density at radius 2 is 2.24 bits per heavy atom. The molecule has 130 valence electrons. The van der Waals surface area contributed by atoms with Crippen molar-refractivity contribution in [1.29, 1.82) is 0 Å². The lowest BCUT2D eigenvalue weighted by atomic mass is 9.96. The van der Waals surface area contributed by atoms with E-state index >= 15 is 0 Å². The first-order valence-corrected chi connectivity index (χ1v) is 9.71. The molecular formula is C19H22N4OS. The van der Waals surface area contributed by atoms with Gasteiger partial charge in [0, 0.05) is 44.0 Å². The van der Waals surface area contributed by atoms with Crippen LogP contribution in [-0.2, 0) is 13.5 Å². The van der Waals surface area contributed by atoms with E-state index in [9.17, 15) is 4.79 Å². The van der Waals surface area contributed by atoms with Gasteiger partial charge in [0.1, 0.15) is 5.82 Å². The van der Waals surface area contributed by atoms with E-state index in [2.05, 4.69) is 19.4 Å². The van der Waals surface area contributed by atoms with Gasteiger partial charge in [-0.05, 0) is 43.9 Å². The number of piperidine rings is 1. The van der Waals surface area contributed by atoms with Crippen LogP contribution in [0, 0.1) is 0 Å². The molecule has 0 N–H and O–H groups in total. The van der Waals surface area contributed by atoms with Gasteiger partial charge < -0.3 is 9.47 Å². The van der Waals surface area contributed by atoms with Crippen molar-refractivity contribution >= 4 is 27.5 Å². The molecule has 0 saturated carbocycles. The highest BCUT2D eigenvalue weighted by Gasteiger charge is 2.27. The summed E-state index contributed by atoms with van der Waals surface area (Å²) in [6.45, 7) is 0.852. The Morgan fingerprint density at radius 3 is 3.08 bits per heavy atom. The van der Waals surface area contributed by atoms with Crippen molar-refractivity contribution in [2.24, 2.45) is 7.05 Å². The molecule has 1 aliphatic heterocycles. The van der Waals surface area contributed by atoms with Crippen molar-refractivity contribution < 1.29 is 4.79 Å². The zero-order valence-electron chi connectivity index (χ0n) is 14.4. The lowest BCUT2D eigenvalue weighted by Crippen LogP contribution is -2.44. The molecule has 0 unspecified atom stereocenters. The molecule has 4 rings (SSSR count). The van der Waals surface area contributed by atoms with Crippen molar-refractivity contribution in [1.82, 2.24) is 19.4 Å². The van der Waals surface area contributed by atoms with Crippen LogP contribution in [0.4, 0.5) is 0 Å². The first kappa shape index (κ1) is 16.3. The van der Waals surface area contributed by atoms with Crippen molar-refractivity contribution in [2.45, 2.75) is 38.1 Å². The van der Waals surface area contributed by atoms with E-state index in [-0.39, 0.29) is 5.91 Å². The number of hydrogen-bond acceptors (Lipinski definition) is 4. The number of thiazole rings is 1. The number of hydrogen-bond donors (Lipinski definition) is 0. The fraction of sp³-hybridized carbons (Fsp3) is 0.421.